The third-order valence-corrected chi connectivity index (χ3v) is 3.01. The maximum Gasteiger partial charge on any atom is 0.146 e. The molecule has 2 rings (SSSR count). The lowest BCUT2D eigenvalue weighted by atomic mass is 10.2. The molecule has 0 aliphatic carbocycles. The quantitative estimate of drug-likeness (QED) is 0.763. The highest BCUT2D eigenvalue weighted by molar-refractivity contribution is 9.10. The lowest BCUT2D eigenvalue weighted by Gasteiger charge is -2.02. The Bertz CT molecular complexity index is 591. The van der Waals surface area contributed by atoms with E-state index in [2.05, 4.69) is 26.2 Å². The Morgan fingerprint density at radius 3 is 2.33 bits per heavy atom. The van der Waals surface area contributed by atoms with E-state index in [-0.39, 0.29) is 5.75 Å². The van der Waals surface area contributed by atoms with Crippen LogP contribution in [0.2, 0.25) is 0 Å². The Balaban J connectivity index is 2.31. The number of hydrogen-bond acceptors (Lipinski definition) is 3. The molecule has 0 saturated carbocycles. The van der Waals surface area contributed by atoms with Gasteiger partial charge in [-0.05, 0) is 43.7 Å². The largest absolute Gasteiger partial charge is 0.505 e. The molecule has 0 unspecified atom stereocenters. The average Bonchev–Trinajstić information content (AvgIpc) is 2.34. The van der Waals surface area contributed by atoms with Gasteiger partial charge in [-0.3, -0.25) is 0 Å². The number of benzene rings is 2. The molecule has 0 saturated heterocycles. The van der Waals surface area contributed by atoms with Crippen LogP contribution in [0.5, 0.6) is 5.75 Å². The fourth-order valence-electron chi connectivity index (χ4n) is 1.52. The molecule has 0 fully saturated rings. The SMILES string of the molecule is Cc1ccc(N=Nc2cc(Br)cc(C)c2O)cc1. The second kappa shape index (κ2) is 5.31. The topological polar surface area (TPSA) is 45.0 Å². The summed E-state index contributed by atoms with van der Waals surface area (Å²) in [5.41, 5.74) is 3.16. The normalized spacial score (nSPS) is 11.1. The first-order valence-electron chi connectivity index (χ1n) is 5.54. The number of nitrogens with zero attached hydrogens (tertiary/aromatic N) is 2. The second-order valence-corrected chi connectivity index (χ2v) is 5.04. The number of rotatable bonds is 2. The van der Waals surface area contributed by atoms with E-state index in [1.807, 2.05) is 44.2 Å². The van der Waals surface area contributed by atoms with Crippen LogP contribution in [0.4, 0.5) is 11.4 Å². The zero-order chi connectivity index (χ0) is 13.1. The van der Waals surface area contributed by atoms with Crippen molar-refractivity contribution < 1.29 is 5.11 Å². The van der Waals surface area contributed by atoms with Gasteiger partial charge in [0.15, 0.2) is 0 Å². The summed E-state index contributed by atoms with van der Waals surface area (Å²) in [6.45, 7) is 3.84. The molecule has 92 valence electrons. The van der Waals surface area contributed by atoms with Crippen molar-refractivity contribution in [2.45, 2.75) is 13.8 Å². The van der Waals surface area contributed by atoms with E-state index in [1.165, 1.54) is 5.56 Å². The molecule has 18 heavy (non-hydrogen) atoms. The molecule has 0 aromatic heterocycles. The number of phenols is 1. The third kappa shape index (κ3) is 2.96. The maximum absolute atomic E-state index is 9.87. The van der Waals surface area contributed by atoms with Crippen LogP contribution in [-0.4, -0.2) is 5.11 Å². The summed E-state index contributed by atoms with van der Waals surface area (Å²) in [7, 11) is 0. The van der Waals surface area contributed by atoms with Gasteiger partial charge in [0.05, 0.1) is 5.69 Å². The van der Waals surface area contributed by atoms with Gasteiger partial charge in [-0.2, -0.15) is 5.11 Å². The first-order chi connectivity index (χ1) is 8.56. The minimum Gasteiger partial charge on any atom is -0.505 e. The molecule has 4 heteroatoms. The molecule has 0 radical (unpaired) electrons. The Morgan fingerprint density at radius 2 is 1.67 bits per heavy atom. The predicted molar refractivity (Wildman–Crippen MR) is 75.9 cm³/mol. The van der Waals surface area contributed by atoms with E-state index in [4.69, 9.17) is 0 Å². The van der Waals surface area contributed by atoms with Crippen molar-refractivity contribution in [3.63, 3.8) is 0 Å². The molecule has 0 spiro atoms. The number of aryl methyl sites for hydroxylation is 2. The van der Waals surface area contributed by atoms with E-state index in [0.717, 1.165) is 15.7 Å². The van der Waals surface area contributed by atoms with Crippen LogP contribution in [0.1, 0.15) is 11.1 Å². The molecular formula is C14H13BrN2O. The zero-order valence-corrected chi connectivity index (χ0v) is 11.8. The highest BCUT2D eigenvalue weighted by Crippen LogP contribution is 2.34. The van der Waals surface area contributed by atoms with Crippen LogP contribution < -0.4 is 0 Å². The fraction of sp³-hybridized carbons (Fsp3) is 0.143. The van der Waals surface area contributed by atoms with Crippen LogP contribution in [0.15, 0.2) is 51.1 Å². The Labute approximate surface area is 114 Å². The van der Waals surface area contributed by atoms with E-state index in [1.54, 1.807) is 6.07 Å². The summed E-state index contributed by atoms with van der Waals surface area (Å²) in [4.78, 5) is 0. The number of hydrogen-bond donors (Lipinski definition) is 1. The average molecular weight is 305 g/mol. The Hall–Kier alpha value is -1.68. The van der Waals surface area contributed by atoms with Crippen molar-refractivity contribution in [1.29, 1.82) is 0 Å². The minimum atomic E-state index is 0.161. The summed E-state index contributed by atoms with van der Waals surface area (Å²) >= 11 is 3.37. The standard InChI is InChI=1S/C14H13BrN2O/c1-9-3-5-12(6-4-9)16-17-13-8-11(15)7-10(2)14(13)18/h3-8,18H,1-2H3. The van der Waals surface area contributed by atoms with Gasteiger partial charge in [-0.1, -0.05) is 33.6 Å². The monoisotopic (exact) mass is 304 g/mol. The van der Waals surface area contributed by atoms with Gasteiger partial charge in [0.2, 0.25) is 0 Å². The summed E-state index contributed by atoms with van der Waals surface area (Å²) in [5.74, 6) is 0.161. The molecule has 0 heterocycles. The van der Waals surface area contributed by atoms with E-state index < -0.39 is 0 Å². The lowest BCUT2D eigenvalue weighted by molar-refractivity contribution is 0.472. The van der Waals surface area contributed by atoms with Crippen molar-refractivity contribution in [3.8, 4) is 5.75 Å². The van der Waals surface area contributed by atoms with Gasteiger partial charge in [-0.25, -0.2) is 0 Å². The molecule has 0 aliphatic rings. The van der Waals surface area contributed by atoms with Crippen molar-refractivity contribution >= 4 is 27.3 Å². The summed E-state index contributed by atoms with van der Waals surface area (Å²) in [6.07, 6.45) is 0. The van der Waals surface area contributed by atoms with Gasteiger partial charge in [0.1, 0.15) is 11.4 Å². The Kier molecular flexibility index (Phi) is 3.77. The first kappa shape index (κ1) is 12.8. The van der Waals surface area contributed by atoms with Crippen LogP contribution in [0.25, 0.3) is 0 Å². The second-order valence-electron chi connectivity index (χ2n) is 4.13. The number of halogens is 1. The van der Waals surface area contributed by atoms with Crippen molar-refractivity contribution in [2.75, 3.05) is 0 Å². The summed E-state index contributed by atoms with van der Waals surface area (Å²) < 4.78 is 0.871. The van der Waals surface area contributed by atoms with Crippen molar-refractivity contribution in [1.82, 2.24) is 0 Å². The van der Waals surface area contributed by atoms with Crippen molar-refractivity contribution in [3.05, 3.63) is 52.0 Å². The third-order valence-electron chi connectivity index (χ3n) is 2.55. The molecule has 2 aromatic carbocycles. The number of aromatic hydroxyl groups is 1. The lowest BCUT2D eigenvalue weighted by Crippen LogP contribution is -1.76. The van der Waals surface area contributed by atoms with Crippen LogP contribution in [0, 0.1) is 13.8 Å². The van der Waals surface area contributed by atoms with E-state index in [0.29, 0.717) is 5.69 Å². The summed E-state index contributed by atoms with van der Waals surface area (Å²) in [5, 5.41) is 18.0. The minimum absolute atomic E-state index is 0.161. The van der Waals surface area contributed by atoms with E-state index >= 15 is 0 Å². The zero-order valence-electron chi connectivity index (χ0n) is 10.2. The molecule has 1 N–H and O–H groups in total. The number of azo groups is 1. The molecule has 0 atom stereocenters. The molecule has 0 aliphatic heterocycles. The molecule has 3 nitrogen and oxygen atoms in total. The molecular weight excluding hydrogens is 292 g/mol. The number of phenolic OH excluding ortho intramolecular Hbond substituents is 1. The van der Waals surface area contributed by atoms with Gasteiger partial charge < -0.3 is 5.11 Å². The van der Waals surface area contributed by atoms with Gasteiger partial charge >= 0.3 is 0 Å². The fourth-order valence-corrected chi connectivity index (χ4v) is 2.08. The molecule has 0 bridgehead atoms. The Morgan fingerprint density at radius 1 is 1.00 bits per heavy atom. The van der Waals surface area contributed by atoms with E-state index in [9.17, 15) is 5.11 Å². The maximum atomic E-state index is 9.87. The van der Waals surface area contributed by atoms with Crippen molar-refractivity contribution in [2.24, 2.45) is 10.2 Å². The smallest absolute Gasteiger partial charge is 0.146 e. The first-order valence-corrected chi connectivity index (χ1v) is 6.33. The van der Waals surface area contributed by atoms with Crippen LogP contribution in [-0.2, 0) is 0 Å². The summed E-state index contributed by atoms with van der Waals surface area (Å²) in [6, 6.07) is 11.3. The van der Waals surface area contributed by atoms with Gasteiger partial charge in [0.25, 0.3) is 0 Å². The highest BCUT2D eigenvalue weighted by atomic mass is 79.9. The molecule has 0 amide bonds. The van der Waals surface area contributed by atoms with Gasteiger partial charge in [-0.15, -0.1) is 5.11 Å². The highest BCUT2D eigenvalue weighted by Gasteiger charge is 2.05. The van der Waals surface area contributed by atoms with Crippen LogP contribution >= 0.6 is 15.9 Å². The molecule has 2 aromatic rings. The predicted octanol–water partition coefficient (Wildman–Crippen LogP) is 5.19. The van der Waals surface area contributed by atoms with Gasteiger partial charge in [0, 0.05) is 4.47 Å². The van der Waals surface area contributed by atoms with Crippen LogP contribution in [0.3, 0.4) is 0 Å².